The molecule has 0 spiro atoms. The van der Waals surface area contributed by atoms with Gasteiger partial charge in [-0.25, -0.2) is 14.8 Å². The van der Waals surface area contributed by atoms with Crippen LogP contribution in [0.25, 0.3) is 33.3 Å². The van der Waals surface area contributed by atoms with Crippen molar-refractivity contribution in [3.05, 3.63) is 91.5 Å². The molecule has 0 amide bonds. The van der Waals surface area contributed by atoms with Gasteiger partial charge in [-0.1, -0.05) is 41.9 Å². The zero-order chi connectivity index (χ0) is 28.0. The quantitative estimate of drug-likeness (QED) is 0.330. The lowest BCUT2D eigenvalue weighted by atomic mass is 9.96. The first kappa shape index (κ1) is 26.1. The van der Waals surface area contributed by atoms with E-state index in [1.807, 2.05) is 57.2 Å². The Hall–Kier alpha value is -4.50. The first-order chi connectivity index (χ1) is 18.6. The molecule has 0 radical (unpaired) electrons. The summed E-state index contributed by atoms with van der Waals surface area (Å²) in [6.07, 6.45) is 1.68. The number of hydrogen-bond donors (Lipinski definition) is 1. The fraction of sp³-hybridized carbons (Fsp3) is 0.207. The molecular weight excluding hydrogens is 516 g/mol. The van der Waals surface area contributed by atoms with Gasteiger partial charge in [-0.15, -0.1) is 0 Å². The van der Waals surface area contributed by atoms with Crippen molar-refractivity contribution in [2.75, 3.05) is 12.4 Å². The number of benzene rings is 2. The van der Waals surface area contributed by atoms with Crippen LogP contribution in [-0.2, 0) is 14.1 Å². The van der Waals surface area contributed by atoms with Gasteiger partial charge in [-0.05, 0) is 44.0 Å². The van der Waals surface area contributed by atoms with Gasteiger partial charge in [0, 0.05) is 36.6 Å². The first-order valence-corrected chi connectivity index (χ1v) is 12.6. The molecule has 0 aliphatic carbocycles. The topological polar surface area (TPSA) is 104 Å². The number of hydrogen-bond acceptors (Lipinski definition) is 7. The van der Waals surface area contributed by atoms with E-state index in [0.717, 1.165) is 32.5 Å². The lowest BCUT2D eigenvalue weighted by Crippen LogP contribution is -2.37. The number of methoxy groups -OCH3 is 1. The molecule has 1 N–H and O–H groups in total. The number of nitrogens with one attached hydrogen (secondary N) is 1. The summed E-state index contributed by atoms with van der Waals surface area (Å²) in [6.45, 7) is 5.63. The van der Waals surface area contributed by atoms with Gasteiger partial charge in [0.2, 0.25) is 5.88 Å². The van der Waals surface area contributed by atoms with Crippen molar-refractivity contribution in [1.82, 2.24) is 24.1 Å². The molecule has 0 atom stereocenters. The fourth-order valence-corrected chi connectivity index (χ4v) is 5.01. The molecule has 198 valence electrons. The van der Waals surface area contributed by atoms with Crippen LogP contribution in [-0.4, -0.2) is 31.2 Å². The van der Waals surface area contributed by atoms with Crippen molar-refractivity contribution in [2.45, 2.75) is 20.8 Å². The smallest absolute Gasteiger partial charge is 0.330 e. The van der Waals surface area contributed by atoms with Gasteiger partial charge in [0.1, 0.15) is 11.2 Å². The van der Waals surface area contributed by atoms with Crippen molar-refractivity contribution < 1.29 is 4.74 Å². The molecule has 10 heteroatoms. The zero-order valence-corrected chi connectivity index (χ0v) is 23.2. The van der Waals surface area contributed by atoms with Crippen LogP contribution >= 0.6 is 11.6 Å². The Kier molecular flexibility index (Phi) is 6.69. The van der Waals surface area contributed by atoms with Crippen molar-refractivity contribution in [3.63, 3.8) is 0 Å². The molecule has 5 rings (SSSR count). The Morgan fingerprint density at radius 3 is 2.36 bits per heavy atom. The molecule has 2 aromatic carbocycles. The third-order valence-electron chi connectivity index (χ3n) is 6.84. The van der Waals surface area contributed by atoms with Crippen LogP contribution in [0.4, 0.5) is 11.5 Å². The molecule has 0 bridgehead atoms. The normalized spacial score (nSPS) is 11.2. The van der Waals surface area contributed by atoms with E-state index >= 15 is 0 Å². The second kappa shape index (κ2) is 9.99. The Morgan fingerprint density at radius 2 is 1.62 bits per heavy atom. The van der Waals surface area contributed by atoms with Gasteiger partial charge in [-0.2, -0.15) is 0 Å². The van der Waals surface area contributed by atoms with Crippen LogP contribution < -0.4 is 21.3 Å². The highest BCUT2D eigenvalue weighted by atomic mass is 35.5. The molecule has 0 aliphatic rings. The van der Waals surface area contributed by atoms with Crippen molar-refractivity contribution in [1.29, 1.82) is 0 Å². The van der Waals surface area contributed by atoms with E-state index in [4.69, 9.17) is 16.3 Å². The number of pyridine rings is 1. The van der Waals surface area contributed by atoms with Gasteiger partial charge in [0.15, 0.2) is 0 Å². The highest BCUT2D eigenvalue weighted by molar-refractivity contribution is 6.36. The Morgan fingerprint density at radius 1 is 0.923 bits per heavy atom. The van der Waals surface area contributed by atoms with Crippen molar-refractivity contribution >= 4 is 34.0 Å². The minimum atomic E-state index is -0.415. The van der Waals surface area contributed by atoms with Gasteiger partial charge in [0.25, 0.3) is 5.56 Å². The predicted octanol–water partition coefficient (Wildman–Crippen LogP) is 5.09. The molecule has 39 heavy (non-hydrogen) atoms. The number of nitrogens with zero attached hydrogens (tertiary/aromatic N) is 5. The fourth-order valence-electron chi connectivity index (χ4n) is 4.69. The van der Waals surface area contributed by atoms with E-state index in [1.165, 1.54) is 11.6 Å². The molecule has 0 fully saturated rings. The second-order valence-corrected chi connectivity index (χ2v) is 9.71. The summed E-state index contributed by atoms with van der Waals surface area (Å²) in [5.74, 6) is 0.821. The molecule has 9 nitrogen and oxygen atoms in total. The summed E-state index contributed by atoms with van der Waals surface area (Å²) in [4.78, 5) is 39.2. The molecule has 0 saturated carbocycles. The lowest BCUT2D eigenvalue weighted by molar-refractivity contribution is 0.392. The van der Waals surface area contributed by atoms with Crippen LogP contribution in [0, 0.1) is 20.8 Å². The first-order valence-electron chi connectivity index (χ1n) is 12.2. The monoisotopic (exact) mass is 542 g/mol. The number of aryl methyl sites for hydroxylation is 3. The highest BCUT2D eigenvalue weighted by Crippen LogP contribution is 2.39. The van der Waals surface area contributed by atoms with Crippen molar-refractivity contribution in [2.24, 2.45) is 14.1 Å². The average molecular weight is 543 g/mol. The molecule has 0 saturated heterocycles. The number of ether oxygens (including phenoxy) is 1. The van der Waals surface area contributed by atoms with Crippen LogP contribution in [0.3, 0.4) is 0 Å². The third-order valence-corrected chi connectivity index (χ3v) is 7.24. The van der Waals surface area contributed by atoms with Gasteiger partial charge in [-0.3, -0.25) is 18.9 Å². The largest absolute Gasteiger partial charge is 0.480 e. The van der Waals surface area contributed by atoms with E-state index in [1.54, 1.807) is 26.4 Å². The minimum absolute atomic E-state index is 0.335. The van der Waals surface area contributed by atoms with Crippen LogP contribution in [0.15, 0.2) is 58.3 Å². The second-order valence-electron chi connectivity index (χ2n) is 9.33. The standard InChI is InChI=1S/C29H27ClN6O3/c1-15-13-23-24(28(37)36(5)29(38)35(23)4)26(32-15)33-21-12-8-9-18(16(21)2)19-10-7-11-20(25(19)30)22-14-31-17(3)27(34-22)39-6/h7-14H,1-6H3,(H,32,33). The van der Waals surface area contributed by atoms with Crippen LogP contribution in [0.1, 0.15) is 17.0 Å². The SMILES string of the molecule is COc1nc(-c2cccc(-c3cccc(Nc4nc(C)cc5c4c(=O)n(C)c(=O)n5C)c3C)c2Cl)cnc1C. The Labute approximate surface area is 229 Å². The van der Waals surface area contributed by atoms with E-state index in [2.05, 4.69) is 20.3 Å². The zero-order valence-electron chi connectivity index (χ0n) is 22.5. The molecule has 0 unspecified atom stereocenters. The van der Waals surface area contributed by atoms with E-state index in [-0.39, 0.29) is 0 Å². The van der Waals surface area contributed by atoms with E-state index in [9.17, 15) is 9.59 Å². The molecule has 5 aromatic rings. The number of fused-ring (bicyclic) bond motifs is 1. The minimum Gasteiger partial charge on any atom is -0.480 e. The number of rotatable bonds is 5. The molecular formula is C29H27ClN6O3. The average Bonchev–Trinajstić information content (AvgIpc) is 2.92. The highest BCUT2D eigenvalue weighted by Gasteiger charge is 2.18. The summed E-state index contributed by atoms with van der Waals surface area (Å²) in [5.41, 5.74) is 5.77. The lowest BCUT2D eigenvalue weighted by Gasteiger charge is -2.17. The summed E-state index contributed by atoms with van der Waals surface area (Å²) < 4.78 is 7.89. The predicted molar refractivity (Wildman–Crippen MR) is 154 cm³/mol. The Bertz CT molecular complexity index is 1890. The van der Waals surface area contributed by atoms with Gasteiger partial charge >= 0.3 is 5.69 Å². The van der Waals surface area contributed by atoms with Gasteiger partial charge in [0.05, 0.1) is 35.2 Å². The molecule has 0 aliphatic heterocycles. The van der Waals surface area contributed by atoms with Crippen molar-refractivity contribution in [3.8, 4) is 28.3 Å². The maximum absolute atomic E-state index is 13.1. The maximum atomic E-state index is 13.1. The number of halogens is 1. The van der Waals surface area contributed by atoms with Crippen LogP contribution in [0.2, 0.25) is 5.02 Å². The van der Waals surface area contributed by atoms with Gasteiger partial charge < -0.3 is 10.1 Å². The Balaban J connectivity index is 1.63. The van der Waals surface area contributed by atoms with E-state index in [0.29, 0.717) is 44.7 Å². The number of anilines is 2. The molecule has 3 aromatic heterocycles. The summed E-state index contributed by atoms with van der Waals surface area (Å²) >= 11 is 6.95. The summed E-state index contributed by atoms with van der Waals surface area (Å²) in [6, 6.07) is 13.3. The molecule has 3 heterocycles. The summed E-state index contributed by atoms with van der Waals surface area (Å²) in [5, 5.41) is 4.21. The van der Waals surface area contributed by atoms with Crippen LogP contribution in [0.5, 0.6) is 5.88 Å². The van der Waals surface area contributed by atoms with E-state index < -0.39 is 11.2 Å². The third kappa shape index (κ3) is 4.44. The maximum Gasteiger partial charge on any atom is 0.330 e. The number of aromatic nitrogens is 5. The summed E-state index contributed by atoms with van der Waals surface area (Å²) in [7, 11) is 4.66.